The number of nitrogens with one attached hydrogen (secondary N) is 1. The topological polar surface area (TPSA) is 58.6 Å². The maximum Gasteiger partial charge on any atom is 0.255 e. The molecule has 1 fully saturated rings. The molecule has 0 saturated carbocycles. The van der Waals surface area contributed by atoms with Crippen molar-refractivity contribution in [2.45, 2.75) is 38.8 Å². The van der Waals surface area contributed by atoms with Crippen LogP contribution in [0, 0.1) is 6.92 Å². The normalized spacial score (nSPS) is 23.7. The third-order valence-electron chi connectivity index (χ3n) is 3.30. The van der Waals surface area contributed by atoms with Crippen LogP contribution >= 0.6 is 0 Å². The second kappa shape index (κ2) is 5.40. The van der Waals surface area contributed by atoms with Gasteiger partial charge in [-0.15, -0.1) is 0 Å². The molecule has 1 saturated heterocycles. The van der Waals surface area contributed by atoms with Gasteiger partial charge in [0.05, 0.1) is 11.7 Å². The van der Waals surface area contributed by atoms with Crippen molar-refractivity contribution in [2.24, 2.45) is 0 Å². The van der Waals surface area contributed by atoms with Crippen molar-refractivity contribution in [1.29, 1.82) is 0 Å². The minimum Gasteiger partial charge on any atom is -0.507 e. The summed E-state index contributed by atoms with van der Waals surface area (Å²) in [5.74, 6) is -0.148. The monoisotopic (exact) mass is 249 g/mol. The van der Waals surface area contributed by atoms with Gasteiger partial charge in [0, 0.05) is 12.6 Å². The molecule has 0 aromatic heterocycles. The van der Waals surface area contributed by atoms with Crippen molar-refractivity contribution < 1.29 is 14.6 Å². The number of amides is 1. The zero-order chi connectivity index (χ0) is 13.1. The molecule has 18 heavy (non-hydrogen) atoms. The van der Waals surface area contributed by atoms with Crippen LogP contribution in [0.1, 0.15) is 35.7 Å². The molecular weight excluding hydrogens is 230 g/mol. The van der Waals surface area contributed by atoms with Crippen LogP contribution in [0.2, 0.25) is 0 Å². The molecule has 1 aromatic rings. The molecule has 4 nitrogen and oxygen atoms in total. The molecule has 0 aliphatic carbocycles. The summed E-state index contributed by atoms with van der Waals surface area (Å²) in [4.78, 5) is 12.1. The number of phenols is 1. The first-order valence-electron chi connectivity index (χ1n) is 6.29. The maximum atomic E-state index is 12.1. The summed E-state index contributed by atoms with van der Waals surface area (Å²) in [5, 5.41) is 12.8. The Morgan fingerprint density at radius 1 is 1.50 bits per heavy atom. The van der Waals surface area contributed by atoms with Crippen LogP contribution in [0.5, 0.6) is 5.75 Å². The zero-order valence-corrected chi connectivity index (χ0v) is 10.8. The van der Waals surface area contributed by atoms with Crippen molar-refractivity contribution in [2.75, 3.05) is 6.61 Å². The number of para-hydroxylation sites is 1. The lowest BCUT2D eigenvalue weighted by Crippen LogP contribution is -2.41. The van der Waals surface area contributed by atoms with Gasteiger partial charge in [-0.3, -0.25) is 4.79 Å². The van der Waals surface area contributed by atoms with Crippen molar-refractivity contribution in [3.8, 4) is 5.75 Å². The second-order valence-corrected chi connectivity index (χ2v) is 4.85. The Labute approximate surface area is 107 Å². The Bertz CT molecular complexity index is 445. The number of rotatable bonds is 2. The highest BCUT2D eigenvalue weighted by molar-refractivity contribution is 5.97. The fourth-order valence-electron chi connectivity index (χ4n) is 2.23. The van der Waals surface area contributed by atoms with Gasteiger partial charge < -0.3 is 15.2 Å². The predicted molar refractivity (Wildman–Crippen MR) is 68.7 cm³/mol. The lowest BCUT2D eigenvalue weighted by atomic mass is 10.0. The van der Waals surface area contributed by atoms with E-state index in [1.54, 1.807) is 25.1 Å². The molecule has 1 aliphatic heterocycles. The average Bonchev–Trinajstić information content (AvgIpc) is 2.32. The Hall–Kier alpha value is -1.55. The van der Waals surface area contributed by atoms with Gasteiger partial charge in [-0.2, -0.15) is 0 Å². The van der Waals surface area contributed by atoms with Gasteiger partial charge >= 0.3 is 0 Å². The molecule has 0 bridgehead atoms. The summed E-state index contributed by atoms with van der Waals surface area (Å²) >= 11 is 0. The summed E-state index contributed by atoms with van der Waals surface area (Å²) in [5.41, 5.74) is 1.05. The number of ether oxygens (including phenoxy) is 1. The molecule has 1 aromatic carbocycles. The summed E-state index contributed by atoms with van der Waals surface area (Å²) in [7, 11) is 0. The number of carbonyl (C=O) groups excluding carboxylic acids is 1. The summed E-state index contributed by atoms with van der Waals surface area (Å²) in [6.07, 6.45) is 1.82. The molecule has 2 N–H and O–H groups in total. The summed E-state index contributed by atoms with van der Waals surface area (Å²) in [6, 6.07) is 5.32. The lowest BCUT2D eigenvalue weighted by Gasteiger charge is -2.28. The van der Waals surface area contributed by atoms with E-state index in [4.69, 9.17) is 4.74 Å². The van der Waals surface area contributed by atoms with E-state index in [9.17, 15) is 9.90 Å². The SMILES string of the molecule is Cc1cccc(C(=O)NC2CCOC(C)C2)c1O. The van der Waals surface area contributed by atoms with Gasteiger partial charge in [0.2, 0.25) is 0 Å². The Morgan fingerprint density at radius 3 is 3.00 bits per heavy atom. The Morgan fingerprint density at radius 2 is 2.28 bits per heavy atom. The van der Waals surface area contributed by atoms with Crippen LogP contribution in [0.4, 0.5) is 0 Å². The smallest absolute Gasteiger partial charge is 0.255 e. The highest BCUT2D eigenvalue weighted by Gasteiger charge is 2.22. The Balaban J connectivity index is 2.05. The molecule has 1 aliphatic rings. The average molecular weight is 249 g/mol. The number of carbonyl (C=O) groups is 1. The van der Waals surface area contributed by atoms with Gasteiger partial charge in [-0.25, -0.2) is 0 Å². The molecule has 4 heteroatoms. The molecule has 0 radical (unpaired) electrons. The fourth-order valence-corrected chi connectivity index (χ4v) is 2.23. The highest BCUT2D eigenvalue weighted by atomic mass is 16.5. The molecule has 2 unspecified atom stereocenters. The predicted octanol–water partition coefficient (Wildman–Crippen LogP) is 2.00. The van der Waals surface area contributed by atoms with Crippen LogP contribution in [0.25, 0.3) is 0 Å². The van der Waals surface area contributed by atoms with Crippen LogP contribution in [-0.2, 0) is 4.74 Å². The van der Waals surface area contributed by atoms with E-state index in [-0.39, 0.29) is 23.8 Å². The van der Waals surface area contributed by atoms with Gasteiger partial charge in [0.1, 0.15) is 5.75 Å². The van der Waals surface area contributed by atoms with Gasteiger partial charge in [-0.1, -0.05) is 12.1 Å². The molecule has 0 spiro atoms. The van der Waals surface area contributed by atoms with Crippen LogP contribution in [0.3, 0.4) is 0 Å². The minimum atomic E-state index is -0.213. The Kier molecular flexibility index (Phi) is 3.87. The van der Waals surface area contributed by atoms with E-state index in [0.29, 0.717) is 17.7 Å². The first-order chi connectivity index (χ1) is 8.58. The van der Waals surface area contributed by atoms with E-state index in [1.165, 1.54) is 0 Å². The quantitative estimate of drug-likeness (QED) is 0.842. The number of benzene rings is 1. The number of hydrogen-bond acceptors (Lipinski definition) is 3. The van der Waals surface area contributed by atoms with Crippen LogP contribution in [-0.4, -0.2) is 29.8 Å². The fraction of sp³-hybridized carbons (Fsp3) is 0.500. The van der Waals surface area contributed by atoms with E-state index in [2.05, 4.69) is 5.32 Å². The van der Waals surface area contributed by atoms with E-state index in [0.717, 1.165) is 12.8 Å². The van der Waals surface area contributed by atoms with Gasteiger partial charge in [0.25, 0.3) is 5.91 Å². The van der Waals surface area contributed by atoms with Crippen LogP contribution in [0.15, 0.2) is 18.2 Å². The second-order valence-electron chi connectivity index (χ2n) is 4.85. The third-order valence-corrected chi connectivity index (χ3v) is 3.30. The molecule has 2 rings (SSSR count). The van der Waals surface area contributed by atoms with Crippen molar-refractivity contribution in [3.05, 3.63) is 29.3 Å². The highest BCUT2D eigenvalue weighted by Crippen LogP contribution is 2.22. The third kappa shape index (κ3) is 2.82. The first-order valence-corrected chi connectivity index (χ1v) is 6.29. The van der Waals surface area contributed by atoms with Gasteiger partial charge in [0.15, 0.2) is 0 Å². The van der Waals surface area contributed by atoms with Crippen molar-refractivity contribution in [1.82, 2.24) is 5.32 Å². The number of aryl methyl sites for hydroxylation is 1. The number of hydrogen-bond donors (Lipinski definition) is 2. The number of phenolic OH excluding ortho intramolecular Hbond substituents is 1. The molecule has 1 heterocycles. The van der Waals surface area contributed by atoms with Crippen molar-refractivity contribution >= 4 is 5.91 Å². The lowest BCUT2D eigenvalue weighted by molar-refractivity contribution is 0.0136. The number of aromatic hydroxyl groups is 1. The van der Waals surface area contributed by atoms with Crippen molar-refractivity contribution in [3.63, 3.8) is 0 Å². The first kappa shape index (κ1) is 12.9. The van der Waals surface area contributed by atoms with Crippen LogP contribution < -0.4 is 5.32 Å². The van der Waals surface area contributed by atoms with E-state index >= 15 is 0 Å². The molecule has 98 valence electrons. The molecule has 2 atom stereocenters. The van der Waals surface area contributed by atoms with Gasteiger partial charge in [-0.05, 0) is 38.3 Å². The van der Waals surface area contributed by atoms with E-state index < -0.39 is 0 Å². The minimum absolute atomic E-state index is 0.0649. The molecular formula is C14H19NO3. The summed E-state index contributed by atoms with van der Waals surface area (Å²) in [6.45, 7) is 4.46. The van der Waals surface area contributed by atoms with E-state index in [1.807, 2.05) is 6.92 Å². The molecule has 1 amide bonds. The zero-order valence-electron chi connectivity index (χ0n) is 10.8. The largest absolute Gasteiger partial charge is 0.507 e. The maximum absolute atomic E-state index is 12.1. The standard InChI is InChI=1S/C14H19NO3/c1-9-4-3-5-12(13(9)16)14(17)15-11-6-7-18-10(2)8-11/h3-5,10-11,16H,6-8H2,1-2H3,(H,15,17). The summed E-state index contributed by atoms with van der Waals surface area (Å²) < 4.78 is 5.44.